The maximum atomic E-state index is 11.8. The molecule has 89 valence electrons. The molecule has 0 aliphatic rings. The Morgan fingerprint density at radius 1 is 1.59 bits per heavy atom. The predicted octanol–water partition coefficient (Wildman–Crippen LogP) is 0.985. The van der Waals surface area contributed by atoms with Crippen LogP contribution in [0.2, 0.25) is 0 Å². The lowest BCUT2D eigenvalue weighted by atomic mass is 10.2. The van der Waals surface area contributed by atoms with E-state index in [2.05, 4.69) is 4.98 Å². The van der Waals surface area contributed by atoms with Crippen molar-refractivity contribution in [3.8, 4) is 0 Å². The second-order valence-electron chi connectivity index (χ2n) is 3.10. The predicted molar refractivity (Wildman–Crippen MR) is 62.3 cm³/mol. The molecule has 0 fully saturated rings. The highest BCUT2D eigenvalue weighted by molar-refractivity contribution is 6.14. The average molecular weight is 233 g/mol. The van der Waals surface area contributed by atoms with Crippen LogP contribution in [0.3, 0.4) is 0 Å². The third kappa shape index (κ3) is 3.49. The van der Waals surface area contributed by atoms with Crippen LogP contribution in [0.4, 0.5) is 0 Å². The summed E-state index contributed by atoms with van der Waals surface area (Å²) in [7, 11) is 1.37. The minimum absolute atomic E-state index is 0.118. The number of carbonyl (C=O) groups is 1. The van der Waals surface area contributed by atoms with Gasteiger partial charge in [-0.3, -0.25) is 19.4 Å². The number of hydroxylamine groups is 2. The summed E-state index contributed by atoms with van der Waals surface area (Å²) in [5.74, 6) is -0.532. The van der Waals surface area contributed by atoms with Gasteiger partial charge < -0.3 is 0 Å². The Labute approximate surface area is 99.7 Å². The third-order valence-corrected chi connectivity index (χ3v) is 2.05. The number of carbonyl (C=O) groups excluding carboxylic acids is 2. The molecule has 1 radical (unpaired) electrons. The molecular formula is C12H13N2O3. The van der Waals surface area contributed by atoms with Crippen LogP contribution in [0.5, 0.6) is 0 Å². The van der Waals surface area contributed by atoms with Gasteiger partial charge in [-0.1, -0.05) is 6.07 Å². The standard InChI is InChI=1S/C12H13N2O3/c1-3-14(17-2)12(16)10(9-15)8-11-6-4-5-7-13-11/h4-8H,3H2,1-2H3. The molecule has 0 aromatic carbocycles. The zero-order chi connectivity index (χ0) is 12.7. The highest BCUT2D eigenvalue weighted by Crippen LogP contribution is 2.05. The van der Waals surface area contributed by atoms with Crippen LogP contribution >= 0.6 is 0 Å². The lowest BCUT2D eigenvalue weighted by Crippen LogP contribution is -2.31. The fourth-order valence-corrected chi connectivity index (χ4v) is 1.23. The van der Waals surface area contributed by atoms with Gasteiger partial charge >= 0.3 is 0 Å². The van der Waals surface area contributed by atoms with Gasteiger partial charge in [-0.25, -0.2) is 5.06 Å². The molecule has 0 aliphatic carbocycles. The first kappa shape index (κ1) is 13.1. The number of hydrogen-bond donors (Lipinski definition) is 0. The highest BCUT2D eigenvalue weighted by Gasteiger charge is 2.17. The molecule has 1 aromatic rings. The summed E-state index contributed by atoms with van der Waals surface area (Å²) in [5.41, 5.74) is 0.402. The van der Waals surface area contributed by atoms with E-state index in [9.17, 15) is 9.59 Å². The molecule has 0 unspecified atom stereocenters. The van der Waals surface area contributed by atoms with E-state index in [0.29, 0.717) is 12.2 Å². The molecule has 1 amide bonds. The number of amides is 1. The minimum atomic E-state index is -0.532. The molecule has 0 spiro atoms. The van der Waals surface area contributed by atoms with E-state index in [4.69, 9.17) is 4.84 Å². The summed E-state index contributed by atoms with van der Waals surface area (Å²) in [6.45, 7) is 2.08. The Hall–Kier alpha value is -2.01. The quantitative estimate of drug-likeness (QED) is 0.329. The summed E-state index contributed by atoms with van der Waals surface area (Å²) in [6, 6.07) is 5.20. The Kier molecular flexibility index (Phi) is 5.03. The van der Waals surface area contributed by atoms with Crippen molar-refractivity contribution in [1.29, 1.82) is 0 Å². The van der Waals surface area contributed by atoms with Gasteiger partial charge in [-0.05, 0) is 25.1 Å². The number of pyridine rings is 1. The Balaban J connectivity index is 2.96. The molecule has 17 heavy (non-hydrogen) atoms. The largest absolute Gasteiger partial charge is 0.285 e. The number of hydrogen-bond acceptors (Lipinski definition) is 4. The normalized spacial score (nSPS) is 11.1. The second kappa shape index (κ2) is 6.55. The molecule has 0 atom stereocenters. The fraction of sp³-hybridized carbons (Fsp3) is 0.250. The average Bonchev–Trinajstić information content (AvgIpc) is 2.38. The maximum Gasteiger partial charge on any atom is 0.281 e. The van der Waals surface area contributed by atoms with Crippen LogP contribution in [-0.2, 0) is 14.4 Å². The molecule has 5 nitrogen and oxygen atoms in total. The molecule has 0 N–H and O–H groups in total. The zero-order valence-electron chi connectivity index (χ0n) is 9.71. The van der Waals surface area contributed by atoms with Crippen LogP contribution in [-0.4, -0.2) is 35.9 Å². The van der Waals surface area contributed by atoms with Crippen LogP contribution in [0.25, 0.3) is 6.08 Å². The van der Waals surface area contributed by atoms with Crippen LogP contribution in [0, 0.1) is 0 Å². The second-order valence-corrected chi connectivity index (χ2v) is 3.10. The number of aromatic nitrogens is 1. The molecule has 1 aromatic heterocycles. The molecule has 0 aliphatic heterocycles. The number of likely N-dealkylation sites (N-methyl/N-ethyl adjacent to an activating group) is 1. The van der Waals surface area contributed by atoms with Gasteiger partial charge in [-0.2, -0.15) is 0 Å². The van der Waals surface area contributed by atoms with Gasteiger partial charge in [0.2, 0.25) is 6.29 Å². The third-order valence-electron chi connectivity index (χ3n) is 2.05. The molecule has 1 rings (SSSR count). The van der Waals surface area contributed by atoms with E-state index in [1.807, 2.05) is 0 Å². The summed E-state index contributed by atoms with van der Waals surface area (Å²) < 4.78 is 0. The summed E-state index contributed by atoms with van der Waals surface area (Å²) in [6.07, 6.45) is 4.55. The topological polar surface area (TPSA) is 59.5 Å². The molecule has 0 bridgehead atoms. The van der Waals surface area contributed by atoms with Crippen molar-refractivity contribution in [3.05, 3.63) is 35.7 Å². The van der Waals surface area contributed by atoms with Crippen molar-refractivity contribution in [1.82, 2.24) is 10.0 Å². The molecular weight excluding hydrogens is 220 g/mol. The Morgan fingerprint density at radius 2 is 2.35 bits per heavy atom. The fourth-order valence-electron chi connectivity index (χ4n) is 1.23. The molecule has 5 heteroatoms. The zero-order valence-corrected chi connectivity index (χ0v) is 9.71. The van der Waals surface area contributed by atoms with Crippen molar-refractivity contribution >= 4 is 18.3 Å². The van der Waals surface area contributed by atoms with Crippen molar-refractivity contribution in [2.24, 2.45) is 0 Å². The van der Waals surface area contributed by atoms with Gasteiger partial charge in [0.05, 0.1) is 18.4 Å². The Morgan fingerprint density at radius 3 is 2.82 bits per heavy atom. The summed E-state index contributed by atoms with van der Waals surface area (Å²) >= 11 is 0. The van der Waals surface area contributed by atoms with Gasteiger partial charge in [0, 0.05) is 12.7 Å². The van der Waals surface area contributed by atoms with E-state index >= 15 is 0 Å². The van der Waals surface area contributed by atoms with E-state index in [-0.39, 0.29) is 5.57 Å². The first-order chi connectivity index (χ1) is 8.22. The van der Waals surface area contributed by atoms with E-state index < -0.39 is 5.91 Å². The first-order valence-electron chi connectivity index (χ1n) is 5.09. The van der Waals surface area contributed by atoms with Crippen molar-refractivity contribution in [3.63, 3.8) is 0 Å². The molecule has 0 saturated carbocycles. The minimum Gasteiger partial charge on any atom is -0.285 e. The van der Waals surface area contributed by atoms with E-state index in [1.165, 1.54) is 13.2 Å². The maximum absolute atomic E-state index is 11.8. The monoisotopic (exact) mass is 233 g/mol. The van der Waals surface area contributed by atoms with Crippen molar-refractivity contribution in [2.75, 3.05) is 13.7 Å². The van der Waals surface area contributed by atoms with Crippen LogP contribution < -0.4 is 0 Å². The lowest BCUT2D eigenvalue weighted by molar-refractivity contribution is -0.169. The van der Waals surface area contributed by atoms with E-state index in [0.717, 1.165) is 5.06 Å². The summed E-state index contributed by atoms with van der Waals surface area (Å²) in [5, 5.41) is 1.07. The van der Waals surface area contributed by atoms with Crippen LogP contribution in [0.15, 0.2) is 30.0 Å². The van der Waals surface area contributed by atoms with Gasteiger partial charge in [0.25, 0.3) is 5.91 Å². The van der Waals surface area contributed by atoms with Gasteiger partial charge in [-0.15, -0.1) is 0 Å². The summed E-state index contributed by atoms with van der Waals surface area (Å²) in [4.78, 5) is 31.4. The Bertz CT molecular complexity index is 411. The van der Waals surface area contributed by atoms with Gasteiger partial charge in [0.1, 0.15) is 0 Å². The number of rotatable bonds is 5. The van der Waals surface area contributed by atoms with Crippen molar-refractivity contribution in [2.45, 2.75) is 6.92 Å². The van der Waals surface area contributed by atoms with E-state index in [1.54, 1.807) is 37.6 Å². The lowest BCUT2D eigenvalue weighted by Gasteiger charge is -2.16. The molecule has 1 heterocycles. The van der Waals surface area contributed by atoms with Gasteiger partial charge in [0.15, 0.2) is 0 Å². The SMILES string of the molecule is CCN(OC)C(=O)C([C]=O)=Cc1ccccn1. The van der Waals surface area contributed by atoms with Crippen LogP contribution in [0.1, 0.15) is 12.6 Å². The number of nitrogens with zero attached hydrogens (tertiary/aromatic N) is 2. The van der Waals surface area contributed by atoms with Crippen molar-refractivity contribution < 1.29 is 14.4 Å². The molecule has 0 saturated heterocycles. The first-order valence-corrected chi connectivity index (χ1v) is 5.09. The highest BCUT2D eigenvalue weighted by atomic mass is 16.7. The smallest absolute Gasteiger partial charge is 0.281 e.